The molecule has 0 aliphatic carbocycles. The Morgan fingerprint density at radius 2 is 2.16 bits per heavy atom. The van der Waals surface area contributed by atoms with E-state index in [2.05, 4.69) is 17.3 Å². The van der Waals surface area contributed by atoms with Gasteiger partial charge in [-0.1, -0.05) is 35.5 Å². The van der Waals surface area contributed by atoms with Gasteiger partial charge in [0.2, 0.25) is 0 Å². The lowest BCUT2D eigenvalue weighted by Gasteiger charge is -2.11. The Kier molecular flexibility index (Phi) is 3.30. The molecule has 1 aliphatic rings. The molecule has 19 heavy (non-hydrogen) atoms. The van der Waals surface area contributed by atoms with Crippen molar-refractivity contribution in [2.24, 2.45) is 5.16 Å². The van der Waals surface area contributed by atoms with E-state index in [1.807, 2.05) is 24.3 Å². The van der Waals surface area contributed by atoms with Gasteiger partial charge >= 0.3 is 0 Å². The molecule has 0 radical (unpaired) electrons. The number of halogens is 1. The second kappa shape index (κ2) is 5.10. The average Bonchev–Trinajstić information content (AvgIpc) is 2.94. The molecule has 0 bridgehead atoms. The standard InChI is InChI=1S/C15H14ClNO2/c1-18-14-7-6-10-4-2-3-5-12(10)15(14)13-8-11(9-16)19-17-13/h2-7,11H,8-9H2,1H3. The molecule has 1 atom stereocenters. The van der Waals surface area contributed by atoms with Crippen LogP contribution in [0.25, 0.3) is 10.8 Å². The monoisotopic (exact) mass is 275 g/mol. The normalized spacial score (nSPS) is 18.2. The Labute approximate surface area is 116 Å². The third-order valence-electron chi connectivity index (χ3n) is 3.30. The molecule has 0 saturated carbocycles. The smallest absolute Gasteiger partial charge is 0.146 e. The zero-order valence-corrected chi connectivity index (χ0v) is 11.4. The summed E-state index contributed by atoms with van der Waals surface area (Å²) in [5, 5.41) is 6.46. The molecule has 0 amide bonds. The number of methoxy groups -OCH3 is 1. The van der Waals surface area contributed by atoms with E-state index in [0.29, 0.717) is 12.3 Å². The minimum Gasteiger partial charge on any atom is -0.496 e. The minimum absolute atomic E-state index is 0.0414. The Balaban J connectivity index is 2.15. The maximum Gasteiger partial charge on any atom is 0.146 e. The van der Waals surface area contributed by atoms with E-state index < -0.39 is 0 Å². The topological polar surface area (TPSA) is 30.8 Å². The predicted octanol–water partition coefficient (Wildman–Crippen LogP) is 3.58. The summed E-state index contributed by atoms with van der Waals surface area (Å²) in [5.74, 6) is 1.26. The number of oxime groups is 1. The van der Waals surface area contributed by atoms with Crippen LogP contribution in [0.3, 0.4) is 0 Å². The number of rotatable bonds is 3. The van der Waals surface area contributed by atoms with Crippen LogP contribution in [0.15, 0.2) is 41.6 Å². The second-order valence-corrected chi connectivity index (χ2v) is 4.80. The van der Waals surface area contributed by atoms with Gasteiger partial charge in [-0.3, -0.25) is 0 Å². The molecular formula is C15H14ClNO2. The summed E-state index contributed by atoms with van der Waals surface area (Å²) < 4.78 is 5.47. The Hall–Kier alpha value is -1.74. The first kappa shape index (κ1) is 12.3. The maximum atomic E-state index is 5.82. The highest BCUT2D eigenvalue weighted by Crippen LogP contribution is 2.32. The van der Waals surface area contributed by atoms with Crippen LogP contribution >= 0.6 is 11.6 Å². The first-order valence-corrected chi connectivity index (χ1v) is 6.71. The molecule has 0 aromatic heterocycles. The van der Waals surface area contributed by atoms with Gasteiger partial charge in [-0.05, 0) is 16.8 Å². The van der Waals surface area contributed by atoms with Gasteiger partial charge < -0.3 is 9.57 Å². The van der Waals surface area contributed by atoms with Gasteiger partial charge in [0.05, 0.1) is 18.7 Å². The van der Waals surface area contributed by atoms with Crippen LogP contribution in [0.5, 0.6) is 5.75 Å². The number of hydrogen-bond acceptors (Lipinski definition) is 3. The summed E-state index contributed by atoms with van der Waals surface area (Å²) in [4.78, 5) is 5.32. The van der Waals surface area contributed by atoms with E-state index in [1.165, 1.54) is 0 Å². The van der Waals surface area contributed by atoms with Crippen molar-refractivity contribution in [3.63, 3.8) is 0 Å². The predicted molar refractivity (Wildman–Crippen MR) is 77.2 cm³/mol. The fourth-order valence-electron chi connectivity index (χ4n) is 2.38. The van der Waals surface area contributed by atoms with Crippen molar-refractivity contribution < 1.29 is 9.57 Å². The zero-order chi connectivity index (χ0) is 13.2. The third-order valence-corrected chi connectivity index (χ3v) is 3.65. The molecule has 3 nitrogen and oxygen atoms in total. The van der Waals surface area contributed by atoms with Gasteiger partial charge in [0, 0.05) is 12.0 Å². The molecule has 0 N–H and O–H groups in total. The van der Waals surface area contributed by atoms with Crippen molar-refractivity contribution in [3.05, 3.63) is 42.0 Å². The highest BCUT2D eigenvalue weighted by atomic mass is 35.5. The summed E-state index contributed by atoms with van der Waals surface area (Å²) in [6, 6.07) is 12.2. The fourth-order valence-corrected chi connectivity index (χ4v) is 2.54. The summed E-state index contributed by atoms with van der Waals surface area (Å²) >= 11 is 5.82. The van der Waals surface area contributed by atoms with Crippen LogP contribution in [0.4, 0.5) is 0 Å². The van der Waals surface area contributed by atoms with Crippen LogP contribution in [-0.4, -0.2) is 24.8 Å². The molecule has 1 unspecified atom stereocenters. The number of alkyl halides is 1. The van der Waals surface area contributed by atoms with E-state index in [1.54, 1.807) is 7.11 Å². The molecule has 1 heterocycles. The van der Waals surface area contributed by atoms with E-state index in [0.717, 1.165) is 27.8 Å². The molecule has 4 heteroatoms. The molecule has 0 spiro atoms. The maximum absolute atomic E-state index is 5.82. The molecular weight excluding hydrogens is 262 g/mol. The van der Waals surface area contributed by atoms with Gasteiger partial charge in [-0.25, -0.2) is 0 Å². The number of nitrogens with zero attached hydrogens (tertiary/aromatic N) is 1. The number of fused-ring (bicyclic) bond motifs is 1. The van der Waals surface area contributed by atoms with Crippen molar-refractivity contribution in [1.29, 1.82) is 0 Å². The second-order valence-electron chi connectivity index (χ2n) is 4.49. The molecule has 1 aliphatic heterocycles. The lowest BCUT2D eigenvalue weighted by molar-refractivity contribution is 0.102. The summed E-state index contributed by atoms with van der Waals surface area (Å²) in [6.07, 6.45) is 0.675. The van der Waals surface area contributed by atoms with Crippen molar-refractivity contribution in [1.82, 2.24) is 0 Å². The lowest BCUT2D eigenvalue weighted by atomic mass is 9.97. The number of hydrogen-bond donors (Lipinski definition) is 0. The summed E-state index contributed by atoms with van der Waals surface area (Å²) in [6.45, 7) is 0. The largest absolute Gasteiger partial charge is 0.496 e. The lowest BCUT2D eigenvalue weighted by Crippen LogP contribution is -2.10. The van der Waals surface area contributed by atoms with Crippen molar-refractivity contribution in [2.45, 2.75) is 12.5 Å². The molecule has 2 aromatic carbocycles. The van der Waals surface area contributed by atoms with Gasteiger partial charge in [0.15, 0.2) is 0 Å². The average molecular weight is 276 g/mol. The third kappa shape index (κ3) is 2.15. The molecule has 98 valence electrons. The highest BCUT2D eigenvalue weighted by Gasteiger charge is 2.25. The Morgan fingerprint density at radius 3 is 2.89 bits per heavy atom. The summed E-state index contributed by atoms with van der Waals surface area (Å²) in [7, 11) is 1.67. The molecule has 0 fully saturated rings. The van der Waals surface area contributed by atoms with Crippen molar-refractivity contribution in [2.75, 3.05) is 13.0 Å². The van der Waals surface area contributed by atoms with Gasteiger partial charge in [0.1, 0.15) is 11.9 Å². The van der Waals surface area contributed by atoms with Crippen LogP contribution in [0, 0.1) is 0 Å². The Morgan fingerprint density at radius 1 is 1.32 bits per heavy atom. The number of benzene rings is 2. The zero-order valence-electron chi connectivity index (χ0n) is 10.6. The van der Waals surface area contributed by atoms with E-state index in [4.69, 9.17) is 21.2 Å². The molecule has 2 aromatic rings. The van der Waals surface area contributed by atoms with E-state index in [9.17, 15) is 0 Å². The quantitative estimate of drug-likeness (QED) is 0.802. The van der Waals surface area contributed by atoms with Gasteiger partial charge in [-0.2, -0.15) is 0 Å². The van der Waals surface area contributed by atoms with Crippen molar-refractivity contribution in [3.8, 4) is 5.75 Å². The van der Waals surface area contributed by atoms with Crippen LogP contribution in [0.2, 0.25) is 0 Å². The first-order valence-electron chi connectivity index (χ1n) is 6.18. The van der Waals surface area contributed by atoms with E-state index in [-0.39, 0.29) is 6.10 Å². The van der Waals surface area contributed by atoms with Crippen LogP contribution in [-0.2, 0) is 4.84 Å². The van der Waals surface area contributed by atoms with Gasteiger partial charge in [-0.15, -0.1) is 11.6 Å². The Bertz CT molecular complexity index is 639. The van der Waals surface area contributed by atoms with Crippen molar-refractivity contribution >= 4 is 28.1 Å². The highest BCUT2D eigenvalue weighted by molar-refractivity contribution is 6.19. The van der Waals surface area contributed by atoms with Gasteiger partial charge in [0.25, 0.3) is 0 Å². The first-order chi connectivity index (χ1) is 9.33. The minimum atomic E-state index is -0.0414. The van der Waals surface area contributed by atoms with E-state index >= 15 is 0 Å². The number of ether oxygens (including phenoxy) is 1. The van der Waals surface area contributed by atoms with Crippen LogP contribution in [0.1, 0.15) is 12.0 Å². The summed E-state index contributed by atoms with van der Waals surface area (Å²) in [5.41, 5.74) is 1.91. The van der Waals surface area contributed by atoms with Crippen LogP contribution < -0.4 is 4.74 Å². The fraction of sp³-hybridized carbons (Fsp3) is 0.267. The SMILES string of the molecule is COc1ccc2ccccc2c1C1=NOC(CCl)C1. The molecule has 0 saturated heterocycles. The molecule has 3 rings (SSSR count).